The highest BCUT2D eigenvalue weighted by atomic mass is 79.9. The van der Waals surface area contributed by atoms with Crippen LogP contribution < -0.4 is 20.3 Å². The third kappa shape index (κ3) is 3.79. The molecule has 0 aromatic heterocycles. The van der Waals surface area contributed by atoms with Crippen molar-refractivity contribution in [3.8, 4) is 5.75 Å². The number of halogens is 2. The summed E-state index contributed by atoms with van der Waals surface area (Å²) >= 11 is 3.28. The average Bonchev–Trinajstić information content (AvgIpc) is 2.75. The number of ether oxygens (including phenoxy) is 2. The van der Waals surface area contributed by atoms with Crippen LogP contribution in [-0.2, 0) is 10.6 Å². The predicted octanol–water partition coefficient (Wildman–Crippen LogP) is 4.91. The van der Waals surface area contributed by atoms with E-state index >= 15 is 0 Å². The fourth-order valence-electron chi connectivity index (χ4n) is 3.86. The van der Waals surface area contributed by atoms with Crippen LogP contribution in [0.4, 0.5) is 21.5 Å². The first-order chi connectivity index (χ1) is 14.1. The van der Waals surface area contributed by atoms with Crippen molar-refractivity contribution in [2.45, 2.75) is 25.1 Å². The first kappa shape index (κ1) is 20.0. The highest BCUT2D eigenvalue weighted by Gasteiger charge is 2.38. The number of benzene rings is 2. The number of rotatable bonds is 5. The fraction of sp³-hybridized carbons (Fsp3) is 0.381. The fourth-order valence-corrected chi connectivity index (χ4v) is 4.20. The minimum Gasteiger partial charge on any atom is -0.495 e. The van der Waals surface area contributed by atoms with Gasteiger partial charge >= 0.3 is 0 Å². The third-order valence-electron chi connectivity index (χ3n) is 5.38. The molecule has 1 atom stereocenters. The summed E-state index contributed by atoms with van der Waals surface area (Å²) in [6.07, 6.45) is 5.16. The molecular weight excluding hydrogens is 439 g/mol. The molecule has 2 heterocycles. The molecule has 0 spiro atoms. The normalized spacial score (nSPS) is 20.8. The molecule has 1 saturated heterocycles. The topological polar surface area (TPSA) is 58.1 Å². The second-order valence-corrected chi connectivity index (χ2v) is 8.03. The maximum Gasteiger partial charge on any atom is 0.268 e. The van der Waals surface area contributed by atoms with E-state index in [1.165, 1.54) is 25.3 Å². The molecule has 154 valence electrons. The largest absolute Gasteiger partial charge is 0.495 e. The molecule has 8 heteroatoms. The maximum absolute atomic E-state index is 14.5. The SMILES string of the molecule is COc1cc2c(cc1N1CCCCC1)NC=NC2(Nc1ccc(Br)cc1F)OC. The molecule has 29 heavy (non-hydrogen) atoms. The molecule has 6 nitrogen and oxygen atoms in total. The summed E-state index contributed by atoms with van der Waals surface area (Å²) < 4.78 is 26.6. The molecular formula is C21H24BrFN4O2. The van der Waals surface area contributed by atoms with E-state index in [-0.39, 0.29) is 0 Å². The van der Waals surface area contributed by atoms with Crippen LogP contribution in [0.2, 0.25) is 0 Å². The smallest absolute Gasteiger partial charge is 0.268 e. The lowest BCUT2D eigenvalue weighted by Gasteiger charge is -2.36. The van der Waals surface area contributed by atoms with Gasteiger partial charge in [-0.1, -0.05) is 15.9 Å². The number of anilines is 3. The lowest BCUT2D eigenvalue weighted by molar-refractivity contribution is 0.0187. The Labute approximate surface area is 178 Å². The number of fused-ring (bicyclic) bond motifs is 1. The molecule has 4 rings (SSSR count). The van der Waals surface area contributed by atoms with Crippen molar-refractivity contribution < 1.29 is 13.9 Å². The van der Waals surface area contributed by atoms with Crippen molar-refractivity contribution >= 4 is 39.3 Å². The van der Waals surface area contributed by atoms with Gasteiger partial charge in [-0.3, -0.25) is 0 Å². The molecule has 0 radical (unpaired) electrons. The average molecular weight is 463 g/mol. The number of piperidine rings is 1. The number of hydrogen-bond acceptors (Lipinski definition) is 6. The Morgan fingerprint density at radius 3 is 2.66 bits per heavy atom. The Morgan fingerprint density at radius 1 is 1.17 bits per heavy atom. The van der Waals surface area contributed by atoms with Gasteiger partial charge in [-0.15, -0.1) is 0 Å². The summed E-state index contributed by atoms with van der Waals surface area (Å²) in [5, 5.41) is 6.32. The third-order valence-corrected chi connectivity index (χ3v) is 5.87. The zero-order chi connectivity index (χ0) is 20.4. The van der Waals surface area contributed by atoms with Gasteiger partial charge in [-0.05, 0) is 49.6 Å². The summed E-state index contributed by atoms with van der Waals surface area (Å²) in [4.78, 5) is 6.82. The van der Waals surface area contributed by atoms with Gasteiger partial charge in [0.2, 0.25) is 0 Å². The van der Waals surface area contributed by atoms with Crippen LogP contribution in [0.5, 0.6) is 5.75 Å². The van der Waals surface area contributed by atoms with Crippen molar-refractivity contribution in [1.82, 2.24) is 0 Å². The van der Waals surface area contributed by atoms with Crippen LogP contribution in [0, 0.1) is 5.82 Å². The first-order valence-corrected chi connectivity index (χ1v) is 10.4. The highest BCUT2D eigenvalue weighted by molar-refractivity contribution is 9.10. The van der Waals surface area contributed by atoms with Crippen LogP contribution in [0.3, 0.4) is 0 Å². The second-order valence-electron chi connectivity index (χ2n) is 7.12. The Kier molecular flexibility index (Phi) is 5.65. The van der Waals surface area contributed by atoms with Crippen molar-refractivity contribution in [3.05, 3.63) is 46.2 Å². The van der Waals surface area contributed by atoms with Gasteiger partial charge in [0, 0.05) is 24.7 Å². The van der Waals surface area contributed by atoms with E-state index in [9.17, 15) is 4.39 Å². The molecule has 2 N–H and O–H groups in total. The molecule has 0 saturated carbocycles. The Morgan fingerprint density at radius 2 is 1.97 bits per heavy atom. The number of aliphatic imine (C=N–C) groups is 1. The number of hydrogen-bond donors (Lipinski definition) is 2. The van der Waals surface area contributed by atoms with Gasteiger partial charge in [0.1, 0.15) is 11.6 Å². The molecule has 1 unspecified atom stereocenters. The van der Waals surface area contributed by atoms with E-state index in [1.54, 1.807) is 32.7 Å². The van der Waals surface area contributed by atoms with Gasteiger partial charge in [0.25, 0.3) is 5.85 Å². The summed E-state index contributed by atoms with van der Waals surface area (Å²) in [5.74, 6) is -0.935. The molecule has 1 fully saturated rings. The predicted molar refractivity (Wildman–Crippen MR) is 118 cm³/mol. The van der Waals surface area contributed by atoms with E-state index in [1.807, 2.05) is 6.07 Å². The van der Waals surface area contributed by atoms with Crippen molar-refractivity contribution in [2.75, 3.05) is 42.8 Å². The first-order valence-electron chi connectivity index (χ1n) is 9.62. The Balaban J connectivity index is 1.76. The molecule has 0 bridgehead atoms. The van der Waals surface area contributed by atoms with Crippen LogP contribution >= 0.6 is 15.9 Å². The summed E-state index contributed by atoms with van der Waals surface area (Å²) in [7, 11) is 3.20. The Bertz CT molecular complexity index is 933. The van der Waals surface area contributed by atoms with Crippen LogP contribution in [0.15, 0.2) is 39.8 Å². The van der Waals surface area contributed by atoms with Gasteiger partial charge in [0.15, 0.2) is 0 Å². The molecule has 2 aliphatic rings. The Hall–Kier alpha value is -2.32. The molecule has 2 aromatic carbocycles. The van der Waals surface area contributed by atoms with Crippen LogP contribution in [-0.4, -0.2) is 33.6 Å². The van der Waals surface area contributed by atoms with E-state index in [0.717, 1.165) is 35.8 Å². The van der Waals surface area contributed by atoms with Gasteiger partial charge in [-0.2, -0.15) is 0 Å². The van der Waals surface area contributed by atoms with E-state index in [0.29, 0.717) is 10.2 Å². The summed E-state index contributed by atoms with van der Waals surface area (Å²) in [6, 6.07) is 8.78. The minimum atomic E-state index is -1.27. The number of nitrogens with zero attached hydrogens (tertiary/aromatic N) is 2. The molecule has 2 aliphatic heterocycles. The monoisotopic (exact) mass is 462 g/mol. The summed E-state index contributed by atoms with van der Waals surface area (Å²) in [5.41, 5.74) is 2.89. The zero-order valence-corrected chi connectivity index (χ0v) is 18.1. The second kappa shape index (κ2) is 8.20. The van der Waals surface area contributed by atoms with Crippen LogP contribution in [0.25, 0.3) is 0 Å². The zero-order valence-electron chi connectivity index (χ0n) is 16.5. The lowest BCUT2D eigenvalue weighted by atomic mass is 10.0. The van der Waals surface area contributed by atoms with Crippen LogP contribution in [0.1, 0.15) is 24.8 Å². The quantitative estimate of drug-likeness (QED) is 0.618. The van der Waals surface area contributed by atoms with Gasteiger partial charge in [0.05, 0.1) is 36.1 Å². The van der Waals surface area contributed by atoms with E-state index in [4.69, 9.17) is 9.47 Å². The van der Waals surface area contributed by atoms with Crippen molar-refractivity contribution in [1.29, 1.82) is 0 Å². The standard InChI is InChI=1S/C21H24BrFN4O2/c1-28-20-11-15-18(12-19(20)27-8-4-3-5-9-27)24-13-25-21(15,29-2)26-17-7-6-14(22)10-16(17)23/h6-7,10-13,26H,3-5,8-9H2,1-2H3,(H,24,25). The molecule has 0 aliphatic carbocycles. The van der Waals surface area contributed by atoms with Gasteiger partial charge < -0.3 is 25.0 Å². The molecule has 0 amide bonds. The minimum absolute atomic E-state index is 0.291. The van der Waals surface area contributed by atoms with E-state index < -0.39 is 11.7 Å². The number of nitrogens with one attached hydrogen (secondary N) is 2. The number of methoxy groups -OCH3 is 2. The highest BCUT2D eigenvalue weighted by Crippen LogP contribution is 2.43. The van der Waals surface area contributed by atoms with Crippen molar-refractivity contribution in [3.63, 3.8) is 0 Å². The maximum atomic E-state index is 14.5. The summed E-state index contributed by atoms with van der Waals surface area (Å²) in [6.45, 7) is 2.00. The lowest BCUT2D eigenvalue weighted by Crippen LogP contribution is -2.39. The molecule has 2 aromatic rings. The van der Waals surface area contributed by atoms with Gasteiger partial charge in [-0.25, -0.2) is 9.38 Å². The van der Waals surface area contributed by atoms with E-state index in [2.05, 4.69) is 42.5 Å². The van der Waals surface area contributed by atoms with Crippen molar-refractivity contribution in [2.24, 2.45) is 4.99 Å².